The fourth-order valence-corrected chi connectivity index (χ4v) is 3.70. The average Bonchev–Trinajstić information content (AvgIpc) is 3.13. The van der Waals surface area contributed by atoms with E-state index >= 15 is 0 Å². The lowest BCUT2D eigenvalue weighted by atomic mass is 10.1. The van der Waals surface area contributed by atoms with Crippen LogP contribution in [-0.2, 0) is 4.79 Å². The van der Waals surface area contributed by atoms with E-state index in [1.54, 1.807) is 4.90 Å². The van der Waals surface area contributed by atoms with Gasteiger partial charge in [0.15, 0.2) is 5.78 Å². The summed E-state index contributed by atoms with van der Waals surface area (Å²) in [5, 5.41) is 9.28. The number of aromatic nitrogens is 1. The Balaban J connectivity index is 1.86. The van der Waals surface area contributed by atoms with Crippen LogP contribution in [0.2, 0.25) is 0 Å². The molecule has 0 bridgehead atoms. The summed E-state index contributed by atoms with van der Waals surface area (Å²) in [6.07, 6.45) is 1.44. The van der Waals surface area contributed by atoms with Gasteiger partial charge in [0.2, 0.25) is 0 Å². The Kier molecular flexibility index (Phi) is 4.77. The molecule has 2 heterocycles. The molecule has 1 unspecified atom stereocenters. The summed E-state index contributed by atoms with van der Waals surface area (Å²) in [5.41, 5.74) is 4.80. The highest BCUT2D eigenvalue weighted by Gasteiger charge is 2.32. The molecule has 5 nitrogen and oxygen atoms in total. The molecule has 1 aromatic heterocycles. The van der Waals surface area contributed by atoms with Crippen molar-refractivity contribution in [2.75, 3.05) is 13.1 Å². The van der Waals surface area contributed by atoms with Crippen LogP contribution < -0.4 is 0 Å². The maximum absolute atomic E-state index is 12.8. The molecule has 5 heteroatoms. The molecule has 3 rings (SSSR count). The first-order chi connectivity index (χ1) is 11.9. The second-order valence-electron chi connectivity index (χ2n) is 6.85. The van der Waals surface area contributed by atoms with Gasteiger partial charge in [0.25, 0.3) is 0 Å². The van der Waals surface area contributed by atoms with E-state index < -0.39 is 12.0 Å². The van der Waals surface area contributed by atoms with E-state index in [-0.39, 0.29) is 12.3 Å². The van der Waals surface area contributed by atoms with Gasteiger partial charge in [-0.3, -0.25) is 14.5 Å². The number of Topliss-reactive ketones (excluding diaryl/α,β-unsaturated/α-hetero) is 1. The first-order valence-corrected chi connectivity index (χ1v) is 8.64. The van der Waals surface area contributed by atoms with E-state index in [0.29, 0.717) is 18.5 Å². The highest BCUT2D eigenvalue weighted by Crippen LogP contribution is 2.23. The largest absolute Gasteiger partial charge is 0.480 e. The van der Waals surface area contributed by atoms with Crippen LogP contribution in [0.1, 0.15) is 40.2 Å². The van der Waals surface area contributed by atoms with E-state index in [0.717, 1.165) is 23.5 Å². The minimum Gasteiger partial charge on any atom is -0.480 e. The number of nitrogens with zero attached hydrogens (tertiary/aromatic N) is 2. The molecule has 1 aromatic carbocycles. The minimum atomic E-state index is -0.838. The topological polar surface area (TPSA) is 62.5 Å². The lowest BCUT2D eigenvalue weighted by Crippen LogP contribution is -2.39. The summed E-state index contributed by atoms with van der Waals surface area (Å²) in [5.74, 6) is -0.852. The molecule has 1 N–H and O–H groups in total. The Morgan fingerprint density at radius 3 is 2.48 bits per heavy atom. The van der Waals surface area contributed by atoms with Crippen molar-refractivity contribution in [2.24, 2.45) is 0 Å². The molecule has 1 atom stereocenters. The molecule has 2 aromatic rings. The smallest absolute Gasteiger partial charge is 0.320 e. The highest BCUT2D eigenvalue weighted by atomic mass is 16.4. The molecule has 0 spiro atoms. The molecule has 132 valence electrons. The number of ketones is 1. The molecule has 25 heavy (non-hydrogen) atoms. The molecular formula is C20H24N2O3. The number of carboxylic acid groups (broad SMARTS) is 1. The number of benzene rings is 1. The van der Waals surface area contributed by atoms with E-state index in [4.69, 9.17) is 0 Å². The van der Waals surface area contributed by atoms with Gasteiger partial charge in [-0.2, -0.15) is 0 Å². The summed E-state index contributed by atoms with van der Waals surface area (Å²) < 4.78 is 2.07. The van der Waals surface area contributed by atoms with Gasteiger partial charge < -0.3 is 9.67 Å². The van der Waals surface area contributed by atoms with Crippen LogP contribution in [-0.4, -0.2) is 45.5 Å². The van der Waals surface area contributed by atoms with Crippen LogP contribution in [0.15, 0.2) is 30.3 Å². The van der Waals surface area contributed by atoms with E-state index in [2.05, 4.69) is 16.7 Å². The third kappa shape index (κ3) is 3.37. The molecule has 1 aliphatic rings. The second kappa shape index (κ2) is 6.84. The lowest BCUT2D eigenvalue weighted by Gasteiger charge is -2.20. The molecule has 0 radical (unpaired) electrons. The lowest BCUT2D eigenvalue weighted by molar-refractivity contribution is -0.141. The molecular weight excluding hydrogens is 316 g/mol. The molecule has 1 fully saturated rings. The van der Waals surface area contributed by atoms with Crippen molar-refractivity contribution < 1.29 is 14.7 Å². The van der Waals surface area contributed by atoms with E-state index in [9.17, 15) is 14.7 Å². The molecule has 0 amide bonds. The van der Waals surface area contributed by atoms with Crippen molar-refractivity contribution in [1.82, 2.24) is 9.47 Å². The first kappa shape index (κ1) is 17.4. The fourth-order valence-electron chi connectivity index (χ4n) is 3.70. The zero-order valence-corrected chi connectivity index (χ0v) is 15.0. The summed E-state index contributed by atoms with van der Waals surface area (Å²) in [7, 11) is 0. The predicted molar refractivity (Wildman–Crippen MR) is 96.5 cm³/mol. The standard InChI is InChI=1S/C20H24N2O3/c1-13-6-8-16(9-7-13)22-14(2)11-17(15(22)3)19(23)12-21-10-4-5-18(21)20(24)25/h6-9,11,18H,4-5,10,12H2,1-3H3,(H,24,25). The number of hydrogen-bond donors (Lipinski definition) is 1. The zero-order chi connectivity index (χ0) is 18.1. The maximum Gasteiger partial charge on any atom is 0.320 e. The van der Waals surface area contributed by atoms with Crippen LogP contribution >= 0.6 is 0 Å². The van der Waals surface area contributed by atoms with Gasteiger partial charge in [0.1, 0.15) is 6.04 Å². The molecule has 1 aliphatic heterocycles. The minimum absolute atomic E-state index is 0.0142. The number of aliphatic carboxylic acids is 1. The average molecular weight is 340 g/mol. The number of carbonyl (C=O) groups is 2. The highest BCUT2D eigenvalue weighted by molar-refractivity contribution is 5.99. The fraction of sp³-hybridized carbons (Fsp3) is 0.400. The number of aryl methyl sites for hydroxylation is 2. The Bertz CT molecular complexity index is 805. The van der Waals surface area contributed by atoms with Gasteiger partial charge in [-0.1, -0.05) is 17.7 Å². The van der Waals surface area contributed by atoms with Crippen LogP contribution in [0, 0.1) is 20.8 Å². The third-order valence-corrected chi connectivity index (χ3v) is 5.02. The van der Waals surface area contributed by atoms with Crippen molar-refractivity contribution in [3.63, 3.8) is 0 Å². The van der Waals surface area contributed by atoms with Crippen molar-refractivity contribution in [1.29, 1.82) is 0 Å². The van der Waals surface area contributed by atoms with Crippen LogP contribution in [0.4, 0.5) is 0 Å². The Labute approximate surface area is 147 Å². The first-order valence-electron chi connectivity index (χ1n) is 8.64. The maximum atomic E-state index is 12.8. The second-order valence-corrected chi connectivity index (χ2v) is 6.85. The SMILES string of the molecule is Cc1ccc(-n2c(C)cc(C(=O)CN3CCCC3C(=O)O)c2C)cc1. The third-order valence-electron chi connectivity index (χ3n) is 5.02. The quantitative estimate of drug-likeness (QED) is 0.850. The number of carboxylic acids is 1. The van der Waals surface area contributed by atoms with Crippen molar-refractivity contribution >= 4 is 11.8 Å². The van der Waals surface area contributed by atoms with Crippen LogP contribution in [0.25, 0.3) is 5.69 Å². The molecule has 0 aliphatic carbocycles. The number of likely N-dealkylation sites (tertiary alicyclic amines) is 1. The monoisotopic (exact) mass is 340 g/mol. The van der Waals surface area contributed by atoms with E-state index in [1.165, 1.54) is 5.56 Å². The van der Waals surface area contributed by atoms with E-state index in [1.807, 2.05) is 39.0 Å². The Morgan fingerprint density at radius 1 is 1.16 bits per heavy atom. The van der Waals surface area contributed by atoms with Crippen molar-refractivity contribution in [3.8, 4) is 5.69 Å². The summed E-state index contributed by atoms with van der Waals surface area (Å²) in [4.78, 5) is 25.9. The van der Waals surface area contributed by atoms with Gasteiger partial charge in [-0.05, 0) is 58.4 Å². The molecule has 1 saturated heterocycles. The van der Waals surface area contributed by atoms with Crippen LogP contribution in [0.3, 0.4) is 0 Å². The normalized spacial score (nSPS) is 17.8. The molecule has 0 saturated carbocycles. The van der Waals surface area contributed by atoms with Gasteiger partial charge in [0, 0.05) is 22.6 Å². The summed E-state index contributed by atoms with van der Waals surface area (Å²) in [6, 6.07) is 9.57. The number of carbonyl (C=O) groups excluding carboxylic acids is 1. The van der Waals surface area contributed by atoms with Gasteiger partial charge in [-0.25, -0.2) is 0 Å². The van der Waals surface area contributed by atoms with Crippen LogP contribution in [0.5, 0.6) is 0 Å². The Hall–Kier alpha value is -2.40. The number of hydrogen-bond acceptors (Lipinski definition) is 3. The van der Waals surface area contributed by atoms with Gasteiger partial charge in [0.05, 0.1) is 6.54 Å². The number of rotatable bonds is 5. The van der Waals surface area contributed by atoms with Crippen molar-refractivity contribution in [2.45, 2.75) is 39.7 Å². The van der Waals surface area contributed by atoms with Gasteiger partial charge >= 0.3 is 5.97 Å². The summed E-state index contributed by atoms with van der Waals surface area (Å²) >= 11 is 0. The summed E-state index contributed by atoms with van der Waals surface area (Å²) in [6.45, 7) is 6.80. The zero-order valence-electron chi connectivity index (χ0n) is 15.0. The Morgan fingerprint density at radius 2 is 1.84 bits per heavy atom. The van der Waals surface area contributed by atoms with Crippen molar-refractivity contribution in [3.05, 3.63) is 52.8 Å². The predicted octanol–water partition coefficient (Wildman–Crippen LogP) is 3.13. The van der Waals surface area contributed by atoms with Gasteiger partial charge in [-0.15, -0.1) is 0 Å².